The lowest BCUT2D eigenvalue weighted by molar-refractivity contribution is 0.0935. The molecule has 2 N–H and O–H groups in total. The molecule has 0 saturated heterocycles. The van der Waals surface area contributed by atoms with Crippen LogP contribution in [-0.4, -0.2) is 50.9 Å². The molecule has 0 atom stereocenters. The SMILES string of the molecule is Cc1cc(C)n(CC2(CNC(=O)c3n[nH]c4c3CN(C)CC4)CC2)n1. The van der Waals surface area contributed by atoms with Crippen LogP contribution in [0.4, 0.5) is 0 Å². The Labute approximate surface area is 147 Å². The van der Waals surface area contributed by atoms with Crippen LogP contribution in [0.1, 0.15) is 46.0 Å². The second-order valence-electron chi connectivity index (χ2n) is 7.78. The van der Waals surface area contributed by atoms with E-state index in [1.807, 2.05) is 6.92 Å². The van der Waals surface area contributed by atoms with Crippen LogP contribution in [-0.2, 0) is 19.5 Å². The molecule has 1 fully saturated rings. The smallest absolute Gasteiger partial charge is 0.272 e. The van der Waals surface area contributed by atoms with Crippen LogP contribution in [0.5, 0.6) is 0 Å². The molecule has 7 nitrogen and oxygen atoms in total. The number of fused-ring (bicyclic) bond motifs is 1. The number of carbonyl (C=O) groups is 1. The van der Waals surface area contributed by atoms with Gasteiger partial charge in [0, 0.05) is 55.0 Å². The molecule has 0 bridgehead atoms. The summed E-state index contributed by atoms with van der Waals surface area (Å²) in [5.74, 6) is -0.0626. The van der Waals surface area contributed by atoms with Crippen LogP contribution in [0, 0.1) is 19.3 Å². The van der Waals surface area contributed by atoms with E-state index in [-0.39, 0.29) is 11.3 Å². The molecule has 0 radical (unpaired) electrons. The van der Waals surface area contributed by atoms with Crippen molar-refractivity contribution in [2.75, 3.05) is 20.1 Å². The first-order valence-electron chi connectivity index (χ1n) is 9.00. The van der Waals surface area contributed by atoms with E-state index in [1.54, 1.807) is 0 Å². The summed E-state index contributed by atoms with van der Waals surface area (Å²) in [7, 11) is 2.07. The standard InChI is InChI=1S/C18H26N6O/c1-12-8-13(2)24(22-12)11-18(5-6-18)10-19-17(25)16-14-9-23(3)7-4-15(14)20-21-16/h8H,4-7,9-11H2,1-3H3,(H,19,25)(H,20,21). The molecule has 1 aliphatic carbocycles. The van der Waals surface area contributed by atoms with Gasteiger partial charge in [0.05, 0.1) is 5.69 Å². The normalized spacial score (nSPS) is 18.8. The summed E-state index contributed by atoms with van der Waals surface area (Å²) in [6.45, 7) is 7.44. The molecule has 1 amide bonds. The largest absolute Gasteiger partial charge is 0.350 e. The monoisotopic (exact) mass is 342 g/mol. The van der Waals surface area contributed by atoms with E-state index in [9.17, 15) is 4.79 Å². The molecule has 2 aromatic rings. The number of H-pyrrole nitrogens is 1. The lowest BCUT2D eigenvalue weighted by Crippen LogP contribution is -2.34. The number of nitrogens with zero attached hydrogens (tertiary/aromatic N) is 4. The summed E-state index contributed by atoms with van der Waals surface area (Å²) < 4.78 is 2.07. The van der Waals surface area contributed by atoms with Gasteiger partial charge in [-0.15, -0.1) is 0 Å². The number of amides is 1. The van der Waals surface area contributed by atoms with Gasteiger partial charge in [0.2, 0.25) is 0 Å². The fraction of sp³-hybridized carbons (Fsp3) is 0.611. The van der Waals surface area contributed by atoms with Gasteiger partial charge in [0.15, 0.2) is 5.69 Å². The molecule has 0 spiro atoms. The second kappa shape index (κ2) is 5.98. The number of nitrogens with one attached hydrogen (secondary N) is 2. The molecule has 0 aromatic carbocycles. The van der Waals surface area contributed by atoms with Crippen LogP contribution in [0.25, 0.3) is 0 Å². The number of rotatable bonds is 5. The van der Waals surface area contributed by atoms with Crippen molar-refractivity contribution in [1.29, 1.82) is 0 Å². The first kappa shape index (κ1) is 16.3. The Hall–Kier alpha value is -2.15. The fourth-order valence-corrected chi connectivity index (χ4v) is 3.69. The Morgan fingerprint density at radius 1 is 1.40 bits per heavy atom. The van der Waals surface area contributed by atoms with Crippen molar-refractivity contribution >= 4 is 5.91 Å². The zero-order chi connectivity index (χ0) is 17.6. The van der Waals surface area contributed by atoms with E-state index in [4.69, 9.17) is 0 Å². The zero-order valence-corrected chi connectivity index (χ0v) is 15.2. The predicted octanol–water partition coefficient (Wildman–Crippen LogP) is 1.42. The van der Waals surface area contributed by atoms with Crippen molar-refractivity contribution in [3.05, 3.63) is 34.4 Å². The van der Waals surface area contributed by atoms with E-state index < -0.39 is 0 Å². The molecule has 2 aliphatic rings. The molecule has 1 saturated carbocycles. The highest BCUT2D eigenvalue weighted by atomic mass is 16.1. The third-order valence-corrected chi connectivity index (χ3v) is 5.51. The van der Waals surface area contributed by atoms with Crippen molar-refractivity contribution in [1.82, 2.24) is 30.2 Å². The Kier molecular flexibility index (Phi) is 3.91. The quantitative estimate of drug-likeness (QED) is 0.861. The number of aromatic nitrogens is 4. The van der Waals surface area contributed by atoms with Crippen molar-refractivity contribution < 1.29 is 4.79 Å². The third kappa shape index (κ3) is 3.20. The van der Waals surface area contributed by atoms with Gasteiger partial charge < -0.3 is 10.2 Å². The van der Waals surface area contributed by atoms with Crippen LogP contribution in [0.3, 0.4) is 0 Å². The minimum atomic E-state index is -0.0626. The maximum atomic E-state index is 12.6. The Bertz CT molecular complexity index is 801. The van der Waals surface area contributed by atoms with Gasteiger partial charge in [0.1, 0.15) is 0 Å². The summed E-state index contributed by atoms with van der Waals surface area (Å²) >= 11 is 0. The first-order chi connectivity index (χ1) is 12.0. The Balaban J connectivity index is 1.41. The number of aromatic amines is 1. The van der Waals surface area contributed by atoms with E-state index in [1.165, 1.54) is 5.69 Å². The van der Waals surface area contributed by atoms with Crippen molar-refractivity contribution in [2.24, 2.45) is 5.41 Å². The van der Waals surface area contributed by atoms with Gasteiger partial charge in [0.25, 0.3) is 5.91 Å². The number of hydrogen-bond donors (Lipinski definition) is 2. The van der Waals surface area contributed by atoms with Crippen molar-refractivity contribution in [3.63, 3.8) is 0 Å². The fourth-order valence-electron chi connectivity index (χ4n) is 3.69. The maximum absolute atomic E-state index is 12.6. The van der Waals surface area contributed by atoms with Gasteiger partial charge in [-0.05, 0) is 39.8 Å². The van der Waals surface area contributed by atoms with Gasteiger partial charge in [-0.1, -0.05) is 0 Å². The van der Waals surface area contributed by atoms with Crippen LogP contribution in [0.2, 0.25) is 0 Å². The average Bonchev–Trinajstić information content (AvgIpc) is 3.09. The topological polar surface area (TPSA) is 78.8 Å². The number of hydrogen-bond acceptors (Lipinski definition) is 4. The molecular formula is C18H26N6O. The molecule has 7 heteroatoms. The van der Waals surface area contributed by atoms with Crippen molar-refractivity contribution in [3.8, 4) is 0 Å². The van der Waals surface area contributed by atoms with Crippen LogP contribution >= 0.6 is 0 Å². The molecular weight excluding hydrogens is 316 g/mol. The van der Waals surface area contributed by atoms with Gasteiger partial charge in [-0.3, -0.25) is 14.6 Å². The van der Waals surface area contributed by atoms with Crippen LogP contribution < -0.4 is 5.32 Å². The average molecular weight is 342 g/mol. The van der Waals surface area contributed by atoms with Crippen LogP contribution in [0.15, 0.2) is 6.07 Å². The number of carbonyl (C=O) groups excluding carboxylic acids is 1. The summed E-state index contributed by atoms with van der Waals surface area (Å²) in [6, 6.07) is 2.10. The van der Waals surface area contributed by atoms with E-state index in [0.29, 0.717) is 12.2 Å². The van der Waals surface area contributed by atoms with Gasteiger partial charge in [-0.25, -0.2) is 0 Å². The lowest BCUT2D eigenvalue weighted by Gasteiger charge is -2.22. The Morgan fingerprint density at radius 2 is 2.20 bits per heavy atom. The van der Waals surface area contributed by atoms with E-state index in [2.05, 4.69) is 50.2 Å². The van der Waals surface area contributed by atoms with Gasteiger partial charge >= 0.3 is 0 Å². The summed E-state index contributed by atoms with van der Waals surface area (Å²) in [5.41, 5.74) is 5.08. The predicted molar refractivity (Wildman–Crippen MR) is 94.3 cm³/mol. The Morgan fingerprint density at radius 3 is 2.88 bits per heavy atom. The summed E-state index contributed by atoms with van der Waals surface area (Å²) in [5, 5.41) is 15.0. The highest BCUT2D eigenvalue weighted by Crippen LogP contribution is 2.46. The molecule has 0 unspecified atom stereocenters. The van der Waals surface area contributed by atoms with E-state index >= 15 is 0 Å². The zero-order valence-electron chi connectivity index (χ0n) is 15.2. The summed E-state index contributed by atoms with van der Waals surface area (Å²) in [4.78, 5) is 14.9. The first-order valence-corrected chi connectivity index (χ1v) is 9.00. The minimum absolute atomic E-state index is 0.0626. The molecule has 3 heterocycles. The summed E-state index contributed by atoms with van der Waals surface area (Å²) in [6.07, 6.45) is 3.19. The highest BCUT2D eigenvalue weighted by molar-refractivity contribution is 5.94. The minimum Gasteiger partial charge on any atom is -0.350 e. The molecule has 1 aliphatic heterocycles. The van der Waals surface area contributed by atoms with E-state index in [0.717, 1.165) is 55.8 Å². The molecule has 2 aromatic heterocycles. The third-order valence-electron chi connectivity index (χ3n) is 5.51. The second-order valence-corrected chi connectivity index (χ2v) is 7.78. The molecule has 134 valence electrons. The number of aryl methyl sites for hydroxylation is 2. The molecule has 25 heavy (non-hydrogen) atoms. The van der Waals surface area contributed by atoms with Crippen molar-refractivity contribution in [2.45, 2.75) is 46.2 Å². The maximum Gasteiger partial charge on any atom is 0.272 e. The van der Waals surface area contributed by atoms with Gasteiger partial charge in [-0.2, -0.15) is 10.2 Å². The lowest BCUT2D eigenvalue weighted by atomic mass is 10.0. The number of likely N-dealkylation sites (N-methyl/N-ethyl adjacent to an activating group) is 1. The molecule has 4 rings (SSSR count). The highest BCUT2D eigenvalue weighted by Gasteiger charge is 2.44.